The van der Waals surface area contributed by atoms with Gasteiger partial charge in [0.25, 0.3) is 0 Å². The molecule has 0 aromatic rings. The molecule has 1 rings (SSSR count). The fourth-order valence-corrected chi connectivity index (χ4v) is 1.16. The van der Waals surface area contributed by atoms with Gasteiger partial charge in [-0.05, 0) is 13.3 Å². The van der Waals surface area contributed by atoms with Crippen molar-refractivity contribution >= 4 is 11.9 Å². The van der Waals surface area contributed by atoms with Gasteiger partial charge in [0.2, 0.25) is 5.96 Å². The van der Waals surface area contributed by atoms with Gasteiger partial charge in [0.1, 0.15) is 0 Å². The number of nitrogens with zero attached hydrogens (tertiary/aromatic N) is 3. The molecule has 1 heterocycles. The van der Waals surface area contributed by atoms with E-state index in [0.29, 0.717) is 5.96 Å². The zero-order chi connectivity index (χ0) is 8.97. The SMILES string of the molecule is CCN1CCCN=C1N=C(N)N. The van der Waals surface area contributed by atoms with Crippen molar-refractivity contribution in [1.82, 2.24) is 4.90 Å². The Morgan fingerprint density at radius 3 is 3.00 bits per heavy atom. The summed E-state index contributed by atoms with van der Waals surface area (Å²) in [5.74, 6) is 0.748. The smallest absolute Gasteiger partial charge is 0.223 e. The third-order valence-corrected chi connectivity index (χ3v) is 1.73. The lowest BCUT2D eigenvalue weighted by Crippen LogP contribution is -2.37. The molecular formula is C7H15N5. The minimum absolute atomic E-state index is 0.0779. The van der Waals surface area contributed by atoms with Crippen molar-refractivity contribution < 1.29 is 0 Å². The van der Waals surface area contributed by atoms with Crippen LogP contribution >= 0.6 is 0 Å². The molecule has 0 radical (unpaired) electrons. The van der Waals surface area contributed by atoms with Crippen LogP contribution in [-0.2, 0) is 0 Å². The van der Waals surface area contributed by atoms with Gasteiger partial charge in [-0.3, -0.25) is 4.99 Å². The van der Waals surface area contributed by atoms with Crippen LogP contribution in [0.5, 0.6) is 0 Å². The van der Waals surface area contributed by atoms with Gasteiger partial charge in [0.15, 0.2) is 5.96 Å². The average Bonchev–Trinajstić information content (AvgIpc) is 2.04. The summed E-state index contributed by atoms with van der Waals surface area (Å²) in [6, 6.07) is 0. The number of rotatable bonds is 1. The van der Waals surface area contributed by atoms with Crippen LogP contribution in [0.4, 0.5) is 0 Å². The molecule has 12 heavy (non-hydrogen) atoms. The van der Waals surface area contributed by atoms with E-state index in [-0.39, 0.29) is 5.96 Å². The molecule has 0 bridgehead atoms. The van der Waals surface area contributed by atoms with Gasteiger partial charge < -0.3 is 16.4 Å². The third kappa shape index (κ3) is 2.11. The highest BCUT2D eigenvalue weighted by Gasteiger charge is 2.11. The van der Waals surface area contributed by atoms with Gasteiger partial charge >= 0.3 is 0 Å². The van der Waals surface area contributed by atoms with E-state index in [1.165, 1.54) is 0 Å². The van der Waals surface area contributed by atoms with Crippen molar-refractivity contribution in [3.05, 3.63) is 0 Å². The number of aliphatic imine (C=N–C) groups is 2. The maximum absolute atomic E-state index is 5.26. The quantitative estimate of drug-likeness (QED) is 0.404. The molecule has 1 aliphatic rings. The lowest BCUT2D eigenvalue weighted by Gasteiger charge is -2.24. The summed E-state index contributed by atoms with van der Waals surface area (Å²) >= 11 is 0. The van der Waals surface area contributed by atoms with Crippen LogP contribution in [0.3, 0.4) is 0 Å². The summed E-state index contributed by atoms with van der Waals surface area (Å²) in [7, 11) is 0. The molecule has 0 aliphatic carbocycles. The Morgan fingerprint density at radius 2 is 2.42 bits per heavy atom. The highest BCUT2D eigenvalue weighted by Crippen LogP contribution is 2.02. The first-order chi connectivity index (χ1) is 5.74. The highest BCUT2D eigenvalue weighted by molar-refractivity contribution is 5.93. The maximum Gasteiger partial charge on any atom is 0.223 e. The zero-order valence-corrected chi connectivity index (χ0v) is 7.32. The molecule has 5 nitrogen and oxygen atoms in total. The van der Waals surface area contributed by atoms with Gasteiger partial charge in [-0.25, -0.2) is 0 Å². The van der Waals surface area contributed by atoms with Crippen molar-refractivity contribution in [3.8, 4) is 0 Å². The van der Waals surface area contributed by atoms with Crippen molar-refractivity contribution in [3.63, 3.8) is 0 Å². The van der Waals surface area contributed by atoms with E-state index < -0.39 is 0 Å². The van der Waals surface area contributed by atoms with Gasteiger partial charge in [-0.1, -0.05) is 0 Å². The molecule has 1 aliphatic heterocycles. The van der Waals surface area contributed by atoms with Crippen LogP contribution in [0.15, 0.2) is 9.98 Å². The normalized spacial score (nSPS) is 17.1. The maximum atomic E-state index is 5.26. The third-order valence-electron chi connectivity index (χ3n) is 1.73. The average molecular weight is 169 g/mol. The molecular weight excluding hydrogens is 154 g/mol. The molecule has 68 valence electrons. The molecule has 0 atom stereocenters. The standard InChI is InChI=1S/C7H15N5/c1-2-12-5-3-4-10-7(12)11-6(8)9/h2-5H2,1H3,(H4,8,9,10,11). The van der Waals surface area contributed by atoms with Gasteiger partial charge in [0.05, 0.1) is 0 Å². The summed E-state index contributed by atoms with van der Waals surface area (Å²) in [5, 5.41) is 0. The van der Waals surface area contributed by atoms with E-state index in [1.807, 2.05) is 0 Å². The molecule has 0 saturated heterocycles. The summed E-state index contributed by atoms with van der Waals surface area (Å²) in [5.41, 5.74) is 10.5. The Kier molecular flexibility index (Phi) is 2.90. The van der Waals surface area contributed by atoms with E-state index >= 15 is 0 Å². The van der Waals surface area contributed by atoms with Crippen molar-refractivity contribution in [1.29, 1.82) is 0 Å². The Balaban J connectivity index is 2.70. The molecule has 0 spiro atoms. The minimum Gasteiger partial charge on any atom is -0.370 e. The number of hydrogen-bond donors (Lipinski definition) is 2. The second-order valence-corrected chi connectivity index (χ2v) is 2.65. The van der Waals surface area contributed by atoms with Gasteiger partial charge in [-0.15, -0.1) is 0 Å². The van der Waals surface area contributed by atoms with Crippen molar-refractivity contribution in [2.24, 2.45) is 21.5 Å². The molecule has 0 saturated carbocycles. The Morgan fingerprint density at radius 1 is 1.67 bits per heavy atom. The van der Waals surface area contributed by atoms with Crippen LogP contribution < -0.4 is 11.5 Å². The molecule has 0 aromatic heterocycles. The second kappa shape index (κ2) is 3.94. The monoisotopic (exact) mass is 169 g/mol. The molecule has 4 N–H and O–H groups in total. The predicted octanol–water partition coefficient (Wildman–Crippen LogP) is -0.659. The fourth-order valence-electron chi connectivity index (χ4n) is 1.16. The number of nitrogens with two attached hydrogens (primary N) is 2. The topological polar surface area (TPSA) is 80.0 Å². The van der Waals surface area contributed by atoms with Crippen molar-refractivity contribution in [2.75, 3.05) is 19.6 Å². The van der Waals surface area contributed by atoms with Gasteiger partial charge in [0, 0.05) is 19.6 Å². The van der Waals surface area contributed by atoms with E-state index in [2.05, 4.69) is 21.8 Å². The Labute approximate surface area is 72.2 Å². The number of hydrogen-bond acceptors (Lipinski definition) is 3. The van der Waals surface area contributed by atoms with Gasteiger partial charge in [-0.2, -0.15) is 4.99 Å². The largest absolute Gasteiger partial charge is 0.370 e. The van der Waals surface area contributed by atoms with E-state index in [9.17, 15) is 0 Å². The number of guanidine groups is 2. The lowest BCUT2D eigenvalue weighted by molar-refractivity contribution is 0.409. The van der Waals surface area contributed by atoms with E-state index in [1.54, 1.807) is 0 Å². The van der Waals surface area contributed by atoms with Crippen LogP contribution in [0.2, 0.25) is 0 Å². The summed E-state index contributed by atoms with van der Waals surface area (Å²) in [6.07, 6.45) is 1.08. The molecule has 0 aromatic carbocycles. The van der Waals surface area contributed by atoms with Crippen LogP contribution in [0.1, 0.15) is 13.3 Å². The first-order valence-electron chi connectivity index (χ1n) is 4.13. The predicted molar refractivity (Wildman–Crippen MR) is 50.0 cm³/mol. The van der Waals surface area contributed by atoms with Crippen LogP contribution in [0.25, 0.3) is 0 Å². The Hall–Kier alpha value is -1.26. The summed E-state index contributed by atoms with van der Waals surface area (Å²) in [4.78, 5) is 10.2. The molecule has 0 amide bonds. The minimum atomic E-state index is 0.0779. The first kappa shape index (κ1) is 8.83. The second-order valence-electron chi connectivity index (χ2n) is 2.65. The zero-order valence-electron chi connectivity index (χ0n) is 7.32. The molecule has 5 heteroatoms. The molecule has 0 fully saturated rings. The first-order valence-corrected chi connectivity index (χ1v) is 4.13. The van der Waals surface area contributed by atoms with Crippen LogP contribution in [0, 0.1) is 0 Å². The highest BCUT2D eigenvalue weighted by atomic mass is 15.3. The summed E-state index contributed by atoms with van der Waals surface area (Å²) < 4.78 is 0. The van der Waals surface area contributed by atoms with E-state index in [4.69, 9.17) is 11.5 Å². The lowest BCUT2D eigenvalue weighted by atomic mass is 10.3. The van der Waals surface area contributed by atoms with Crippen molar-refractivity contribution in [2.45, 2.75) is 13.3 Å². The fraction of sp³-hybridized carbons (Fsp3) is 0.714. The molecule has 0 unspecified atom stereocenters. The van der Waals surface area contributed by atoms with Crippen LogP contribution in [-0.4, -0.2) is 36.5 Å². The Bertz CT molecular complexity index is 204. The summed E-state index contributed by atoms with van der Waals surface area (Å²) in [6.45, 7) is 4.77. The van der Waals surface area contributed by atoms with E-state index in [0.717, 1.165) is 26.1 Å².